The Bertz CT molecular complexity index is 864. The quantitative estimate of drug-likeness (QED) is 0.917. The first-order valence-electron chi connectivity index (χ1n) is 6.73. The first kappa shape index (κ1) is 15.7. The van der Waals surface area contributed by atoms with Crippen molar-refractivity contribution in [3.63, 3.8) is 0 Å². The Labute approximate surface area is 142 Å². The fourth-order valence-electron chi connectivity index (χ4n) is 2.31. The van der Waals surface area contributed by atoms with Crippen molar-refractivity contribution in [3.8, 4) is 0 Å². The summed E-state index contributed by atoms with van der Waals surface area (Å²) in [5.74, 6) is -0.583. The molecular formula is C16H12ClN3O2S. The summed E-state index contributed by atoms with van der Waals surface area (Å²) >= 11 is 7.23. The highest BCUT2D eigenvalue weighted by Crippen LogP contribution is 2.32. The number of rotatable bonds is 3. The van der Waals surface area contributed by atoms with E-state index in [4.69, 9.17) is 11.6 Å². The molecule has 2 aromatic rings. The molecule has 0 saturated heterocycles. The smallest absolute Gasteiger partial charge is 0.220 e. The van der Waals surface area contributed by atoms with Gasteiger partial charge < -0.3 is 5.32 Å². The van der Waals surface area contributed by atoms with Crippen LogP contribution in [0.15, 0.2) is 41.3 Å². The third kappa shape index (κ3) is 2.75. The Morgan fingerprint density at radius 2 is 2.00 bits per heavy atom. The lowest BCUT2D eigenvalue weighted by Crippen LogP contribution is -2.26. The second-order valence-electron chi connectivity index (χ2n) is 4.94. The number of nitrogens with zero attached hydrogens (tertiary/aromatic N) is 2. The van der Waals surface area contributed by atoms with E-state index in [-0.39, 0.29) is 28.5 Å². The summed E-state index contributed by atoms with van der Waals surface area (Å²) < 4.78 is 0. The fraction of sp³-hybridized carbons (Fsp3) is 0.125. The summed E-state index contributed by atoms with van der Waals surface area (Å²) in [6.45, 7) is 1.89. The van der Waals surface area contributed by atoms with E-state index >= 15 is 0 Å². The van der Waals surface area contributed by atoms with Crippen molar-refractivity contribution in [1.82, 2.24) is 9.97 Å². The van der Waals surface area contributed by atoms with Crippen LogP contribution in [0.3, 0.4) is 0 Å². The molecule has 1 aliphatic rings. The highest BCUT2D eigenvalue weighted by molar-refractivity contribution is 8.03. The van der Waals surface area contributed by atoms with Gasteiger partial charge in [0.25, 0.3) is 0 Å². The highest BCUT2D eigenvalue weighted by atomic mass is 35.5. The number of Topliss-reactive ketones (excluding diaryl/α,β-unsaturated/α-hetero) is 2. The topological polar surface area (TPSA) is 72.0 Å². The third-order valence-electron chi connectivity index (χ3n) is 3.50. The van der Waals surface area contributed by atoms with Crippen LogP contribution in [0, 0.1) is 6.92 Å². The minimum atomic E-state index is -0.302. The lowest BCUT2D eigenvalue weighted by atomic mass is 9.98. The Balaban J connectivity index is 2.11. The standard InChI is InChI=1S/C16H12ClN3O2S/c1-8-3-4-9(17)5-11(8)20-13-14(21)10-6-18-7-19-12(10)15(22)16(13)23-2/h3-7,20H,1-2H3. The number of aryl methyl sites for hydroxylation is 1. The number of thioether (sulfide) groups is 1. The van der Waals surface area contributed by atoms with E-state index in [1.54, 1.807) is 18.4 Å². The number of benzene rings is 1. The molecule has 3 rings (SSSR count). The lowest BCUT2D eigenvalue weighted by Gasteiger charge is -2.20. The average Bonchev–Trinajstić information content (AvgIpc) is 2.56. The van der Waals surface area contributed by atoms with Crippen LogP contribution in [0.1, 0.15) is 26.4 Å². The summed E-state index contributed by atoms with van der Waals surface area (Å²) in [7, 11) is 0. The van der Waals surface area contributed by atoms with Gasteiger partial charge in [0.1, 0.15) is 17.7 Å². The molecule has 23 heavy (non-hydrogen) atoms. The van der Waals surface area contributed by atoms with Crippen LogP contribution >= 0.6 is 23.4 Å². The molecule has 0 aliphatic heterocycles. The molecule has 5 nitrogen and oxygen atoms in total. The minimum Gasteiger partial charge on any atom is -0.351 e. The van der Waals surface area contributed by atoms with Crippen molar-refractivity contribution in [2.24, 2.45) is 0 Å². The van der Waals surface area contributed by atoms with E-state index in [0.29, 0.717) is 15.6 Å². The Kier molecular flexibility index (Phi) is 4.19. The summed E-state index contributed by atoms with van der Waals surface area (Å²) in [5.41, 5.74) is 2.17. The van der Waals surface area contributed by atoms with Gasteiger partial charge in [-0.1, -0.05) is 17.7 Å². The Hall–Kier alpha value is -2.18. The molecule has 0 saturated carbocycles. The van der Waals surface area contributed by atoms with Crippen LogP contribution in [0.25, 0.3) is 0 Å². The molecule has 1 N–H and O–H groups in total. The number of ketones is 2. The number of allylic oxidation sites excluding steroid dienone is 2. The van der Waals surface area contributed by atoms with Gasteiger partial charge in [0.05, 0.1) is 10.5 Å². The number of halogens is 1. The largest absolute Gasteiger partial charge is 0.351 e. The molecule has 1 aromatic heterocycles. The molecule has 116 valence electrons. The number of carbonyl (C=O) groups is 2. The lowest BCUT2D eigenvalue weighted by molar-refractivity contribution is 0.0978. The zero-order valence-corrected chi connectivity index (χ0v) is 14.0. The van der Waals surface area contributed by atoms with Gasteiger partial charge in [-0.05, 0) is 30.9 Å². The number of nitrogens with one attached hydrogen (secondary N) is 1. The average molecular weight is 346 g/mol. The maximum Gasteiger partial charge on any atom is 0.220 e. The molecule has 0 radical (unpaired) electrons. The van der Waals surface area contributed by atoms with Crippen molar-refractivity contribution >= 4 is 40.6 Å². The molecule has 0 spiro atoms. The summed E-state index contributed by atoms with van der Waals surface area (Å²) in [6, 6.07) is 5.33. The molecule has 7 heteroatoms. The highest BCUT2D eigenvalue weighted by Gasteiger charge is 2.33. The van der Waals surface area contributed by atoms with Gasteiger partial charge in [0, 0.05) is 16.9 Å². The number of hydrogen-bond acceptors (Lipinski definition) is 6. The normalized spacial score (nSPS) is 14.0. The molecule has 1 aromatic carbocycles. The minimum absolute atomic E-state index is 0.141. The van der Waals surface area contributed by atoms with E-state index in [1.807, 2.05) is 13.0 Å². The summed E-state index contributed by atoms with van der Waals surface area (Å²) in [4.78, 5) is 33.4. The molecule has 0 unspecified atom stereocenters. The molecule has 1 aliphatic carbocycles. The van der Waals surface area contributed by atoms with E-state index in [2.05, 4.69) is 15.3 Å². The predicted octanol–water partition coefficient (Wildman–Crippen LogP) is 3.50. The van der Waals surface area contributed by atoms with Crippen LogP contribution in [-0.2, 0) is 0 Å². The molecule has 0 bridgehead atoms. The number of hydrogen-bond donors (Lipinski definition) is 1. The molecule has 0 amide bonds. The zero-order valence-electron chi connectivity index (χ0n) is 12.4. The van der Waals surface area contributed by atoms with Crippen molar-refractivity contribution in [3.05, 3.63) is 63.2 Å². The Morgan fingerprint density at radius 3 is 2.74 bits per heavy atom. The van der Waals surface area contributed by atoms with Crippen LogP contribution in [0.5, 0.6) is 0 Å². The second-order valence-corrected chi connectivity index (χ2v) is 6.19. The number of anilines is 1. The van der Waals surface area contributed by atoms with Gasteiger partial charge in [0.15, 0.2) is 0 Å². The van der Waals surface area contributed by atoms with Gasteiger partial charge in [0.2, 0.25) is 11.6 Å². The molecular weight excluding hydrogens is 334 g/mol. The van der Waals surface area contributed by atoms with E-state index in [9.17, 15) is 9.59 Å². The number of fused-ring (bicyclic) bond motifs is 1. The second kappa shape index (κ2) is 6.14. The van der Waals surface area contributed by atoms with Gasteiger partial charge in [-0.15, -0.1) is 11.8 Å². The zero-order chi connectivity index (χ0) is 16.6. The van der Waals surface area contributed by atoms with Crippen molar-refractivity contribution in [1.29, 1.82) is 0 Å². The maximum absolute atomic E-state index is 12.7. The first-order valence-corrected chi connectivity index (χ1v) is 8.34. The van der Waals surface area contributed by atoms with Crippen LogP contribution in [-0.4, -0.2) is 27.8 Å². The van der Waals surface area contributed by atoms with Gasteiger partial charge >= 0.3 is 0 Å². The van der Waals surface area contributed by atoms with Gasteiger partial charge in [-0.3, -0.25) is 9.59 Å². The predicted molar refractivity (Wildman–Crippen MR) is 91.0 cm³/mol. The van der Waals surface area contributed by atoms with E-state index in [1.165, 1.54) is 24.3 Å². The maximum atomic E-state index is 12.7. The fourth-order valence-corrected chi connectivity index (χ4v) is 3.11. The Morgan fingerprint density at radius 1 is 1.22 bits per heavy atom. The molecule has 1 heterocycles. The van der Waals surface area contributed by atoms with Crippen molar-refractivity contribution < 1.29 is 9.59 Å². The SMILES string of the molecule is CSC1=C(Nc2cc(Cl)ccc2C)C(=O)c2cncnc2C1=O. The van der Waals surface area contributed by atoms with E-state index in [0.717, 1.165) is 5.56 Å². The first-order chi connectivity index (χ1) is 11.0. The number of carbonyl (C=O) groups excluding carboxylic acids is 2. The molecule has 0 fully saturated rings. The van der Waals surface area contributed by atoms with E-state index < -0.39 is 0 Å². The van der Waals surface area contributed by atoms with Crippen molar-refractivity contribution in [2.75, 3.05) is 11.6 Å². The number of aromatic nitrogens is 2. The van der Waals surface area contributed by atoms with Crippen LogP contribution < -0.4 is 5.32 Å². The molecule has 0 atom stereocenters. The van der Waals surface area contributed by atoms with Crippen molar-refractivity contribution in [2.45, 2.75) is 6.92 Å². The third-order valence-corrected chi connectivity index (χ3v) is 4.53. The van der Waals surface area contributed by atoms with Crippen LogP contribution in [0.4, 0.5) is 5.69 Å². The summed E-state index contributed by atoms with van der Waals surface area (Å²) in [6.07, 6.45) is 4.38. The van der Waals surface area contributed by atoms with Gasteiger partial charge in [-0.2, -0.15) is 0 Å². The summed E-state index contributed by atoms with van der Waals surface area (Å²) in [5, 5.41) is 3.60. The van der Waals surface area contributed by atoms with Crippen LogP contribution in [0.2, 0.25) is 5.02 Å². The monoisotopic (exact) mass is 345 g/mol. The van der Waals surface area contributed by atoms with Gasteiger partial charge in [-0.25, -0.2) is 9.97 Å².